The summed E-state index contributed by atoms with van der Waals surface area (Å²) in [4.78, 5) is 10.8. The first kappa shape index (κ1) is 16.2. The van der Waals surface area contributed by atoms with Crippen LogP contribution in [-0.4, -0.2) is 30.8 Å². The maximum atomic E-state index is 10.8. The van der Waals surface area contributed by atoms with Gasteiger partial charge in [-0.2, -0.15) is 0 Å². The first-order valence-corrected chi connectivity index (χ1v) is 7.01. The van der Waals surface area contributed by atoms with Crippen molar-refractivity contribution in [2.45, 2.75) is 32.6 Å². The molecule has 0 aliphatic heterocycles. The van der Waals surface area contributed by atoms with Crippen molar-refractivity contribution in [3.05, 3.63) is 30.3 Å². The molecular formula is C15H24N3O2+. The second-order valence-electron chi connectivity index (χ2n) is 5.09. The number of hydrogen-bond acceptors (Lipinski definition) is 2. The fourth-order valence-corrected chi connectivity index (χ4v) is 2.21. The van der Waals surface area contributed by atoms with E-state index in [-0.39, 0.29) is 10.4 Å². The monoisotopic (exact) mass is 278 g/mol. The van der Waals surface area contributed by atoms with Crippen LogP contribution in [0, 0.1) is 5.41 Å². The summed E-state index contributed by atoms with van der Waals surface area (Å²) in [5.74, 6) is -0.0137. The molecule has 0 heterocycles. The molecule has 0 aliphatic carbocycles. The molecule has 20 heavy (non-hydrogen) atoms. The third-order valence-electron chi connectivity index (χ3n) is 3.50. The molecule has 5 heteroatoms. The van der Waals surface area contributed by atoms with Gasteiger partial charge in [0.2, 0.25) is 0 Å². The van der Waals surface area contributed by atoms with E-state index in [1.165, 1.54) is 0 Å². The van der Waals surface area contributed by atoms with Crippen molar-refractivity contribution >= 4 is 17.7 Å². The molecule has 110 valence electrons. The standard InChI is InChI=1S/C15H23N3O2/c1-3-4-5-9-12-18(2,14(16)17-15(19)20)13-10-7-6-8-11-13/h6-8,10-11H,3-5,9,12H2,1-2H3,(H2-,16,17,19,20)/p+1. The largest absolute Gasteiger partial charge is 0.465 e. The van der Waals surface area contributed by atoms with Gasteiger partial charge in [-0.15, -0.1) is 0 Å². The summed E-state index contributed by atoms with van der Waals surface area (Å²) < 4.78 is 0.177. The maximum Gasteiger partial charge on any atom is 0.414 e. The summed E-state index contributed by atoms with van der Waals surface area (Å²) in [6.07, 6.45) is 3.18. The molecule has 0 saturated heterocycles. The molecule has 0 aliphatic rings. The van der Waals surface area contributed by atoms with E-state index in [0.717, 1.165) is 31.4 Å². The van der Waals surface area contributed by atoms with E-state index < -0.39 is 6.09 Å². The zero-order valence-electron chi connectivity index (χ0n) is 12.2. The fraction of sp³-hybridized carbons (Fsp3) is 0.467. The van der Waals surface area contributed by atoms with Crippen LogP contribution >= 0.6 is 0 Å². The molecular weight excluding hydrogens is 254 g/mol. The quantitative estimate of drug-likeness (QED) is 0.323. The maximum absolute atomic E-state index is 10.8. The highest BCUT2D eigenvalue weighted by atomic mass is 16.4. The molecule has 0 spiro atoms. The Kier molecular flexibility index (Phi) is 6.18. The van der Waals surface area contributed by atoms with Gasteiger partial charge < -0.3 is 5.11 Å². The lowest BCUT2D eigenvalue weighted by Crippen LogP contribution is -2.57. The number of carbonyl (C=O) groups is 1. The summed E-state index contributed by atoms with van der Waals surface area (Å²) in [6.45, 7) is 2.86. The van der Waals surface area contributed by atoms with Gasteiger partial charge in [0.1, 0.15) is 5.69 Å². The highest BCUT2D eigenvalue weighted by Crippen LogP contribution is 2.22. The minimum atomic E-state index is -1.19. The van der Waals surface area contributed by atoms with Crippen LogP contribution in [0.4, 0.5) is 10.5 Å². The third kappa shape index (κ3) is 4.35. The fourth-order valence-electron chi connectivity index (χ4n) is 2.21. The number of guanidine groups is 1. The molecule has 0 bridgehead atoms. The smallest absolute Gasteiger partial charge is 0.414 e. The number of para-hydroxylation sites is 1. The lowest BCUT2D eigenvalue weighted by molar-refractivity contribution is 0.198. The number of benzene rings is 1. The molecule has 0 saturated carbocycles. The van der Waals surface area contributed by atoms with E-state index in [1.807, 2.05) is 37.4 Å². The molecule has 1 atom stereocenters. The van der Waals surface area contributed by atoms with E-state index in [1.54, 1.807) is 0 Å². The minimum Gasteiger partial charge on any atom is -0.465 e. The second-order valence-corrected chi connectivity index (χ2v) is 5.09. The van der Waals surface area contributed by atoms with Crippen molar-refractivity contribution in [3.63, 3.8) is 0 Å². The van der Waals surface area contributed by atoms with Crippen LogP contribution in [0.25, 0.3) is 0 Å². The topological polar surface area (TPSA) is 73.2 Å². The second kappa shape index (κ2) is 7.65. The van der Waals surface area contributed by atoms with Crippen LogP contribution in [0.3, 0.4) is 0 Å². The molecule has 5 nitrogen and oxygen atoms in total. The van der Waals surface area contributed by atoms with Crippen LogP contribution < -0.4 is 9.80 Å². The Morgan fingerprint density at radius 1 is 1.25 bits per heavy atom. The number of unbranched alkanes of at least 4 members (excludes halogenated alkanes) is 3. The average molecular weight is 278 g/mol. The first-order valence-electron chi connectivity index (χ1n) is 7.01. The van der Waals surface area contributed by atoms with E-state index >= 15 is 0 Å². The Morgan fingerprint density at radius 2 is 1.90 bits per heavy atom. The van der Waals surface area contributed by atoms with Crippen LogP contribution in [0.1, 0.15) is 32.6 Å². The van der Waals surface area contributed by atoms with Crippen molar-refractivity contribution < 1.29 is 9.90 Å². The summed E-state index contributed by atoms with van der Waals surface area (Å²) in [5, 5.41) is 19.1. The molecule has 0 fully saturated rings. The Bertz CT molecular complexity index is 448. The van der Waals surface area contributed by atoms with Gasteiger partial charge >= 0.3 is 12.1 Å². The average Bonchev–Trinajstić information content (AvgIpc) is 2.43. The van der Waals surface area contributed by atoms with Gasteiger partial charge in [-0.05, 0) is 25.0 Å². The minimum absolute atomic E-state index is 0.0137. The predicted molar refractivity (Wildman–Crippen MR) is 82.1 cm³/mol. The molecule has 1 aromatic rings. The zero-order valence-corrected chi connectivity index (χ0v) is 12.2. The summed E-state index contributed by atoms with van der Waals surface area (Å²) in [5.41, 5.74) is 0.919. The molecule has 1 unspecified atom stereocenters. The Balaban J connectivity index is 2.88. The van der Waals surface area contributed by atoms with Crippen molar-refractivity contribution in [2.24, 2.45) is 0 Å². The van der Waals surface area contributed by atoms with Crippen molar-refractivity contribution in [1.29, 1.82) is 5.41 Å². The van der Waals surface area contributed by atoms with Gasteiger partial charge in [0, 0.05) is 0 Å². The summed E-state index contributed by atoms with van der Waals surface area (Å²) in [6, 6.07) is 9.59. The van der Waals surface area contributed by atoms with Gasteiger partial charge in [0.05, 0.1) is 13.6 Å². The van der Waals surface area contributed by atoms with Crippen molar-refractivity contribution in [3.8, 4) is 0 Å². The number of carboxylic acid groups (broad SMARTS) is 1. The van der Waals surface area contributed by atoms with Gasteiger partial charge in [0.25, 0.3) is 0 Å². The van der Waals surface area contributed by atoms with E-state index in [0.29, 0.717) is 6.54 Å². The Labute approximate surface area is 120 Å². The molecule has 0 radical (unpaired) electrons. The molecule has 0 aromatic heterocycles. The molecule has 3 N–H and O–H groups in total. The third-order valence-corrected chi connectivity index (χ3v) is 3.50. The van der Waals surface area contributed by atoms with Crippen molar-refractivity contribution in [1.82, 2.24) is 9.80 Å². The number of amides is 1. The lowest BCUT2D eigenvalue weighted by atomic mass is 10.1. The van der Waals surface area contributed by atoms with Crippen LogP contribution in [0.5, 0.6) is 0 Å². The van der Waals surface area contributed by atoms with E-state index in [2.05, 4.69) is 12.2 Å². The van der Waals surface area contributed by atoms with Crippen LogP contribution in [0.15, 0.2) is 30.3 Å². The SMILES string of the molecule is CCCCCC[N+](C)(C(=N)NC(=O)O)c1ccccc1. The Hall–Kier alpha value is -1.88. The number of nitrogens with one attached hydrogen (secondary N) is 2. The molecule has 1 aromatic carbocycles. The zero-order chi connectivity index (χ0) is 15.0. The highest BCUT2D eigenvalue weighted by Gasteiger charge is 2.32. The summed E-state index contributed by atoms with van der Waals surface area (Å²) >= 11 is 0. The van der Waals surface area contributed by atoms with Crippen molar-refractivity contribution in [2.75, 3.05) is 13.6 Å². The number of hydrogen-bond donors (Lipinski definition) is 3. The molecule has 1 rings (SSSR count). The number of quaternary nitrogens is 1. The normalized spacial score (nSPS) is 13.5. The number of rotatable bonds is 6. The predicted octanol–water partition coefficient (Wildman–Crippen LogP) is 3.41. The van der Waals surface area contributed by atoms with E-state index in [4.69, 9.17) is 10.5 Å². The van der Waals surface area contributed by atoms with Gasteiger partial charge in [-0.25, -0.2) is 20.0 Å². The van der Waals surface area contributed by atoms with Gasteiger partial charge in [0.15, 0.2) is 0 Å². The number of nitrogens with zero attached hydrogens (tertiary/aromatic N) is 1. The Morgan fingerprint density at radius 3 is 2.45 bits per heavy atom. The van der Waals surface area contributed by atoms with Gasteiger partial charge in [-0.3, -0.25) is 0 Å². The summed E-state index contributed by atoms with van der Waals surface area (Å²) in [7, 11) is 1.87. The van der Waals surface area contributed by atoms with Crippen LogP contribution in [-0.2, 0) is 0 Å². The molecule has 1 amide bonds. The van der Waals surface area contributed by atoms with Gasteiger partial charge in [-0.1, -0.05) is 38.0 Å². The lowest BCUT2D eigenvalue weighted by Gasteiger charge is -2.32. The van der Waals surface area contributed by atoms with Crippen LogP contribution in [0.2, 0.25) is 0 Å². The first-order chi connectivity index (χ1) is 9.50. The van der Waals surface area contributed by atoms with E-state index in [9.17, 15) is 4.79 Å². The highest BCUT2D eigenvalue weighted by molar-refractivity contribution is 5.97.